The summed E-state index contributed by atoms with van der Waals surface area (Å²) in [6, 6.07) is 4.48. The fraction of sp³-hybridized carbons (Fsp3) is 0.750. The smallest absolute Gasteiger partial charge is 0.317 e. The van der Waals surface area contributed by atoms with E-state index in [0.717, 1.165) is 43.7 Å². The minimum atomic E-state index is 0.120. The molecular formula is C24H37N3O. The zero-order valence-corrected chi connectivity index (χ0v) is 17.7. The van der Waals surface area contributed by atoms with Crippen molar-refractivity contribution in [2.75, 3.05) is 13.1 Å². The molecule has 1 N–H and O–H groups in total. The van der Waals surface area contributed by atoms with Crippen molar-refractivity contribution in [2.24, 2.45) is 23.2 Å². The summed E-state index contributed by atoms with van der Waals surface area (Å²) in [5.74, 6) is 2.96. The van der Waals surface area contributed by atoms with Gasteiger partial charge < -0.3 is 10.2 Å². The van der Waals surface area contributed by atoms with Crippen LogP contribution in [0.4, 0.5) is 4.79 Å². The lowest BCUT2D eigenvalue weighted by molar-refractivity contribution is -0.0602. The summed E-state index contributed by atoms with van der Waals surface area (Å²) in [6.45, 7) is 5.95. The van der Waals surface area contributed by atoms with Gasteiger partial charge in [-0.05, 0) is 112 Å². The molecule has 4 aliphatic carbocycles. The van der Waals surface area contributed by atoms with Gasteiger partial charge in [0.1, 0.15) is 0 Å². The Hall–Kier alpha value is -1.58. The minimum Gasteiger partial charge on any atom is -0.338 e. The number of aryl methyl sites for hydroxylation is 1. The van der Waals surface area contributed by atoms with Crippen LogP contribution in [0, 0.1) is 23.2 Å². The van der Waals surface area contributed by atoms with Gasteiger partial charge in [0, 0.05) is 31.5 Å². The van der Waals surface area contributed by atoms with E-state index in [4.69, 9.17) is 0 Å². The number of hydrogen-bond donors (Lipinski definition) is 1. The molecule has 154 valence electrons. The van der Waals surface area contributed by atoms with Crippen molar-refractivity contribution in [1.29, 1.82) is 0 Å². The molecular weight excluding hydrogens is 346 g/mol. The van der Waals surface area contributed by atoms with Crippen LogP contribution in [0.2, 0.25) is 0 Å². The molecule has 4 nitrogen and oxygen atoms in total. The molecule has 0 saturated heterocycles. The Morgan fingerprint density at radius 3 is 2.32 bits per heavy atom. The average Bonchev–Trinajstić information content (AvgIpc) is 2.65. The van der Waals surface area contributed by atoms with E-state index in [-0.39, 0.29) is 12.1 Å². The lowest BCUT2D eigenvalue weighted by atomic mass is 9.49. The fourth-order valence-electron chi connectivity index (χ4n) is 6.69. The van der Waals surface area contributed by atoms with Crippen LogP contribution in [0.25, 0.3) is 0 Å². The number of nitrogens with zero attached hydrogens (tertiary/aromatic N) is 2. The molecule has 1 aromatic rings. The van der Waals surface area contributed by atoms with Crippen LogP contribution in [0.1, 0.15) is 70.8 Å². The van der Waals surface area contributed by atoms with Crippen LogP contribution in [0.15, 0.2) is 24.5 Å². The lowest BCUT2D eigenvalue weighted by Crippen LogP contribution is -2.50. The second-order valence-corrected chi connectivity index (χ2v) is 10.1. The first kappa shape index (κ1) is 19.7. The van der Waals surface area contributed by atoms with Crippen LogP contribution in [0.3, 0.4) is 0 Å². The van der Waals surface area contributed by atoms with Crippen LogP contribution >= 0.6 is 0 Å². The zero-order chi connectivity index (χ0) is 19.6. The normalized spacial score (nSPS) is 30.6. The summed E-state index contributed by atoms with van der Waals surface area (Å²) < 4.78 is 0. The standard InChI is InChI=1S/C24H37N3O/c1-18(2)27(23(28)26-8-3-4-19-5-9-25-10-6-19)11-7-24-15-20-12-21(16-24)14-22(13-20)17-24/h5-6,9-10,18,20-22H,3-4,7-8,11-17H2,1-2H3,(H,26,28). The van der Waals surface area contributed by atoms with Gasteiger partial charge in [-0.1, -0.05) is 0 Å². The molecule has 0 unspecified atom stereocenters. The van der Waals surface area contributed by atoms with E-state index in [2.05, 4.69) is 29.0 Å². The van der Waals surface area contributed by atoms with Crippen LogP contribution < -0.4 is 5.32 Å². The molecule has 0 aliphatic heterocycles. The highest BCUT2D eigenvalue weighted by Gasteiger charge is 2.50. The molecule has 1 aromatic heterocycles. The zero-order valence-electron chi connectivity index (χ0n) is 17.7. The summed E-state index contributed by atoms with van der Waals surface area (Å²) in [6.07, 6.45) is 15.6. The predicted octanol–water partition coefficient (Wildman–Crippen LogP) is 5.04. The van der Waals surface area contributed by atoms with Crippen LogP contribution in [-0.2, 0) is 6.42 Å². The third-order valence-corrected chi connectivity index (χ3v) is 7.60. The van der Waals surface area contributed by atoms with Crippen molar-refractivity contribution < 1.29 is 4.79 Å². The molecule has 5 rings (SSSR count). The molecule has 4 bridgehead atoms. The van der Waals surface area contributed by atoms with Crippen molar-refractivity contribution in [3.8, 4) is 0 Å². The molecule has 4 fully saturated rings. The molecule has 4 heteroatoms. The van der Waals surface area contributed by atoms with Gasteiger partial charge in [0.05, 0.1) is 0 Å². The summed E-state index contributed by atoms with van der Waals surface area (Å²) in [7, 11) is 0. The van der Waals surface area contributed by atoms with Gasteiger partial charge in [0.25, 0.3) is 0 Å². The largest absolute Gasteiger partial charge is 0.338 e. The Kier molecular flexibility index (Phi) is 5.93. The number of hydrogen-bond acceptors (Lipinski definition) is 2. The second kappa shape index (κ2) is 8.42. The van der Waals surface area contributed by atoms with E-state index in [0.29, 0.717) is 5.41 Å². The predicted molar refractivity (Wildman–Crippen MR) is 113 cm³/mol. The molecule has 2 amide bonds. The topological polar surface area (TPSA) is 45.2 Å². The van der Waals surface area contributed by atoms with E-state index in [1.54, 1.807) is 0 Å². The van der Waals surface area contributed by atoms with Crippen LogP contribution in [0.5, 0.6) is 0 Å². The van der Waals surface area contributed by atoms with Gasteiger partial charge in [-0.15, -0.1) is 0 Å². The number of rotatable bonds is 8. The second-order valence-electron chi connectivity index (χ2n) is 10.1. The first-order valence-corrected chi connectivity index (χ1v) is 11.5. The quantitative estimate of drug-likeness (QED) is 0.639. The Bertz CT molecular complexity index is 622. The van der Waals surface area contributed by atoms with E-state index < -0.39 is 0 Å². The number of carbonyl (C=O) groups excluding carboxylic acids is 1. The van der Waals surface area contributed by atoms with Gasteiger partial charge in [0.15, 0.2) is 0 Å². The number of urea groups is 1. The average molecular weight is 384 g/mol. The minimum absolute atomic E-state index is 0.120. The molecule has 0 radical (unpaired) electrons. The lowest BCUT2D eigenvalue weighted by Gasteiger charge is -2.57. The maximum absolute atomic E-state index is 12.8. The highest BCUT2D eigenvalue weighted by molar-refractivity contribution is 5.74. The Balaban J connectivity index is 1.25. The van der Waals surface area contributed by atoms with E-state index in [1.165, 1.54) is 50.5 Å². The Morgan fingerprint density at radius 2 is 1.75 bits per heavy atom. The Labute approximate surface area is 170 Å². The first-order chi connectivity index (χ1) is 13.5. The monoisotopic (exact) mass is 383 g/mol. The Morgan fingerprint density at radius 1 is 1.14 bits per heavy atom. The van der Waals surface area contributed by atoms with Crippen molar-refractivity contribution in [1.82, 2.24) is 15.2 Å². The number of pyridine rings is 1. The fourth-order valence-corrected chi connectivity index (χ4v) is 6.69. The van der Waals surface area contributed by atoms with Crippen molar-refractivity contribution in [3.05, 3.63) is 30.1 Å². The summed E-state index contributed by atoms with van der Waals surface area (Å²) in [4.78, 5) is 18.9. The van der Waals surface area contributed by atoms with Crippen molar-refractivity contribution >= 4 is 6.03 Å². The first-order valence-electron chi connectivity index (χ1n) is 11.5. The molecule has 4 saturated carbocycles. The number of amides is 2. The summed E-state index contributed by atoms with van der Waals surface area (Å²) in [5.41, 5.74) is 1.83. The molecule has 1 heterocycles. The van der Waals surface area contributed by atoms with E-state index in [1.807, 2.05) is 24.5 Å². The molecule has 0 aromatic carbocycles. The van der Waals surface area contributed by atoms with E-state index >= 15 is 0 Å². The number of aromatic nitrogens is 1. The summed E-state index contributed by atoms with van der Waals surface area (Å²) in [5, 5.41) is 3.16. The van der Waals surface area contributed by atoms with Gasteiger partial charge in [-0.3, -0.25) is 4.98 Å². The molecule has 28 heavy (non-hydrogen) atoms. The highest BCUT2D eigenvalue weighted by atomic mass is 16.2. The number of carbonyl (C=O) groups is 1. The molecule has 0 spiro atoms. The SMILES string of the molecule is CC(C)N(CCC12CC3CC(CC(C3)C1)C2)C(=O)NCCCc1ccncc1. The van der Waals surface area contributed by atoms with Gasteiger partial charge in [-0.25, -0.2) is 4.79 Å². The van der Waals surface area contributed by atoms with Gasteiger partial charge in [0.2, 0.25) is 0 Å². The van der Waals surface area contributed by atoms with Crippen molar-refractivity contribution in [3.63, 3.8) is 0 Å². The van der Waals surface area contributed by atoms with Gasteiger partial charge in [-0.2, -0.15) is 0 Å². The van der Waals surface area contributed by atoms with Gasteiger partial charge >= 0.3 is 6.03 Å². The summed E-state index contributed by atoms with van der Waals surface area (Å²) >= 11 is 0. The molecule has 4 aliphatic rings. The van der Waals surface area contributed by atoms with E-state index in [9.17, 15) is 4.79 Å². The third-order valence-electron chi connectivity index (χ3n) is 7.60. The number of nitrogens with one attached hydrogen (secondary N) is 1. The van der Waals surface area contributed by atoms with Crippen LogP contribution in [-0.4, -0.2) is 35.0 Å². The maximum Gasteiger partial charge on any atom is 0.317 e. The third kappa shape index (κ3) is 4.52. The molecule has 0 atom stereocenters. The van der Waals surface area contributed by atoms with Crippen molar-refractivity contribution in [2.45, 2.75) is 77.7 Å². The highest BCUT2D eigenvalue weighted by Crippen LogP contribution is 2.61. The maximum atomic E-state index is 12.8.